The second kappa shape index (κ2) is 5.69. The minimum Gasteiger partial charge on any atom is -0.369 e. The van der Waals surface area contributed by atoms with Gasteiger partial charge in [-0.3, -0.25) is 10.1 Å². The van der Waals surface area contributed by atoms with Gasteiger partial charge in [-0.25, -0.2) is 4.98 Å². The van der Waals surface area contributed by atoms with Crippen LogP contribution in [0, 0.1) is 27.4 Å². The zero-order valence-corrected chi connectivity index (χ0v) is 10.4. The van der Waals surface area contributed by atoms with Gasteiger partial charge in [-0.1, -0.05) is 0 Å². The summed E-state index contributed by atoms with van der Waals surface area (Å²) in [6.45, 7) is 0.756. The standard InChI is InChI=1S/C11H12N4O2S/c12-4-9-3-10(15(16)17)6-14-11(9)13-5-8-1-2-18-7-8/h3,6,8H,1-2,5,7H2,(H,13,14). The van der Waals surface area contributed by atoms with E-state index in [1.807, 2.05) is 17.8 Å². The summed E-state index contributed by atoms with van der Waals surface area (Å²) in [6.07, 6.45) is 2.33. The molecule has 1 saturated heterocycles. The number of nitro groups is 1. The predicted octanol–water partition coefficient (Wildman–Crippen LogP) is 2.03. The van der Waals surface area contributed by atoms with Gasteiger partial charge in [0, 0.05) is 12.6 Å². The molecule has 1 aromatic heterocycles. The van der Waals surface area contributed by atoms with E-state index in [0.717, 1.165) is 18.7 Å². The van der Waals surface area contributed by atoms with Crippen LogP contribution < -0.4 is 5.32 Å². The van der Waals surface area contributed by atoms with E-state index in [0.29, 0.717) is 11.7 Å². The number of pyridine rings is 1. The quantitative estimate of drug-likeness (QED) is 0.660. The predicted molar refractivity (Wildman–Crippen MR) is 69.5 cm³/mol. The van der Waals surface area contributed by atoms with Crippen molar-refractivity contribution < 1.29 is 4.92 Å². The molecule has 2 heterocycles. The minimum absolute atomic E-state index is 0.159. The first-order chi connectivity index (χ1) is 8.70. The van der Waals surface area contributed by atoms with Crippen molar-refractivity contribution in [2.75, 3.05) is 23.4 Å². The van der Waals surface area contributed by atoms with Crippen LogP contribution in [0.3, 0.4) is 0 Å². The number of nitriles is 1. The van der Waals surface area contributed by atoms with Gasteiger partial charge in [0.05, 0.1) is 4.92 Å². The van der Waals surface area contributed by atoms with Crippen LogP contribution in [0.4, 0.5) is 11.5 Å². The summed E-state index contributed by atoms with van der Waals surface area (Å²) in [6, 6.07) is 3.18. The molecule has 1 atom stereocenters. The Labute approximate surface area is 109 Å². The van der Waals surface area contributed by atoms with Crippen LogP contribution in [0.25, 0.3) is 0 Å². The smallest absolute Gasteiger partial charge is 0.289 e. The third-order valence-corrected chi connectivity index (χ3v) is 4.02. The number of anilines is 1. The molecule has 1 fully saturated rings. The fourth-order valence-corrected chi connectivity index (χ4v) is 3.05. The Morgan fingerprint density at radius 1 is 1.72 bits per heavy atom. The van der Waals surface area contributed by atoms with Crippen molar-refractivity contribution in [2.24, 2.45) is 5.92 Å². The summed E-state index contributed by atoms with van der Waals surface area (Å²) in [4.78, 5) is 14.0. The van der Waals surface area contributed by atoms with Crippen LogP contribution in [0.15, 0.2) is 12.3 Å². The summed E-state index contributed by atoms with van der Waals surface area (Å²) in [7, 11) is 0. The maximum Gasteiger partial charge on any atom is 0.289 e. The Bertz CT molecular complexity index is 494. The summed E-state index contributed by atoms with van der Waals surface area (Å²) in [5.74, 6) is 3.30. The van der Waals surface area contributed by atoms with Crippen molar-refractivity contribution in [2.45, 2.75) is 6.42 Å². The van der Waals surface area contributed by atoms with Crippen LogP contribution in [-0.4, -0.2) is 28.0 Å². The van der Waals surface area contributed by atoms with E-state index in [1.54, 1.807) is 0 Å². The lowest BCUT2D eigenvalue weighted by Crippen LogP contribution is -2.15. The van der Waals surface area contributed by atoms with Gasteiger partial charge >= 0.3 is 0 Å². The first-order valence-corrected chi connectivity index (χ1v) is 6.72. The van der Waals surface area contributed by atoms with Gasteiger partial charge in [0.1, 0.15) is 23.6 Å². The van der Waals surface area contributed by atoms with E-state index in [4.69, 9.17) is 5.26 Å². The first-order valence-electron chi connectivity index (χ1n) is 5.57. The van der Waals surface area contributed by atoms with Crippen LogP contribution in [-0.2, 0) is 0 Å². The summed E-state index contributed by atoms with van der Waals surface area (Å²) in [5.41, 5.74) is 0.0587. The lowest BCUT2D eigenvalue weighted by atomic mass is 10.1. The molecule has 0 saturated carbocycles. The third kappa shape index (κ3) is 2.90. The molecule has 1 N–H and O–H groups in total. The maximum atomic E-state index is 10.6. The molecular weight excluding hydrogens is 252 g/mol. The number of thioether (sulfide) groups is 1. The first kappa shape index (κ1) is 12.6. The van der Waals surface area contributed by atoms with Gasteiger partial charge in [0.2, 0.25) is 0 Å². The van der Waals surface area contributed by atoms with Gasteiger partial charge in [-0.15, -0.1) is 0 Å². The fourth-order valence-electron chi connectivity index (χ4n) is 1.77. The van der Waals surface area contributed by atoms with Crippen molar-refractivity contribution in [3.8, 4) is 6.07 Å². The molecule has 2 rings (SSSR count). The van der Waals surface area contributed by atoms with Crippen molar-refractivity contribution in [3.63, 3.8) is 0 Å². The van der Waals surface area contributed by atoms with Crippen molar-refractivity contribution in [1.82, 2.24) is 4.98 Å². The monoisotopic (exact) mass is 264 g/mol. The molecule has 0 aromatic carbocycles. The van der Waals surface area contributed by atoms with Crippen molar-refractivity contribution >= 4 is 23.3 Å². The average Bonchev–Trinajstić information content (AvgIpc) is 2.89. The van der Waals surface area contributed by atoms with Crippen LogP contribution in [0.1, 0.15) is 12.0 Å². The zero-order valence-electron chi connectivity index (χ0n) is 9.63. The van der Waals surface area contributed by atoms with Gasteiger partial charge < -0.3 is 5.32 Å². The largest absolute Gasteiger partial charge is 0.369 e. The van der Waals surface area contributed by atoms with E-state index in [1.165, 1.54) is 18.0 Å². The Morgan fingerprint density at radius 2 is 2.56 bits per heavy atom. The zero-order chi connectivity index (χ0) is 13.0. The van der Waals surface area contributed by atoms with E-state index in [9.17, 15) is 10.1 Å². The summed E-state index contributed by atoms with van der Waals surface area (Å²) in [5, 5.41) is 22.6. The Morgan fingerprint density at radius 3 is 3.17 bits per heavy atom. The van der Waals surface area contributed by atoms with Crippen molar-refractivity contribution in [3.05, 3.63) is 27.9 Å². The van der Waals surface area contributed by atoms with Gasteiger partial charge in [-0.05, 0) is 23.8 Å². The Kier molecular flexibility index (Phi) is 3.99. The minimum atomic E-state index is -0.550. The molecule has 94 valence electrons. The van der Waals surface area contributed by atoms with E-state index in [2.05, 4.69) is 10.3 Å². The molecule has 6 nitrogen and oxygen atoms in total. The molecule has 0 spiro atoms. The Balaban J connectivity index is 2.07. The number of hydrogen-bond donors (Lipinski definition) is 1. The lowest BCUT2D eigenvalue weighted by molar-refractivity contribution is -0.385. The molecule has 1 unspecified atom stereocenters. The normalized spacial score (nSPS) is 18.3. The molecule has 1 aromatic rings. The molecule has 7 heteroatoms. The maximum absolute atomic E-state index is 10.6. The molecule has 1 aliphatic heterocycles. The molecule has 0 bridgehead atoms. The lowest BCUT2D eigenvalue weighted by Gasteiger charge is -2.11. The molecular formula is C11H12N4O2S. The Hall–Kier alpha value is -1.81. The number of aromatic nitrogens is 1. The topological polar surface area (TPSA) is 91.8 Å². The van der Waals surface area contributed by atoms with Gasteiger partial charge in [0.25, 0.3) is 5.69 Å². The highest BCUT2D eigenvalue weighted by molar-refractivity contribution is 7.99. The highest BCUT2D eigenvalue weighted by atomic mass is 32.2. The van der Waals surface area contributed by atoms with Crippen LogP contribution >= 0.6 is 11.8 Å². The highest BCUT2D eigenvalue weighted by Crippen LogP contribution is 2.24. The third-order valence-electron chi connectivity index (χ3n) is 2.79. The second-order valence-corrected chi connectivity index (χ2v) is 5.22. The molecule has 0 aliphatic carbocycles. The summed E-state index contributed by atoms with van der Waals surface area (Å²) >= 11 is 1.92. The van der Waals surface area contributed by atoms with E-state index < -0.39 is 4.92 Å². The highest BCUT2D eigenvalue weighted by Gasteiger charge is 2.17. The number of nitrogens with one attached hydrogen (secondary N) is 1. The van der Waals surface area contributed by atoms with E-state index in [-0.39, 0.29) is 11.3 Å². The molecule has 0 radical (unpaired) electrons. The van der Waals surface area contributed by atoms with Gasteiger partial charge in [-0.2, -0.15) is 17.0 Å². The number of nitrogens with zero attached hydrogens (tertiary/aromatic N) is 3. The number of hydrogen-bond acceptors (Lipinski definition) is 6. The second-order valence-electron chi connectivity index (χ2n) is 4.07. The molecule has 0 amide bonds. The van der Waals surface area contributed by atoms with Crippen LogP contribution in [0.5, 0.6) is 0 Å². The number of rotatable bonds is 4. The van der Waals surface area contributed by atoms with Crippen LogP contribution in [0.2, 0.25) is 0 Å². The van der Waals surface area contributed by atoms with Crippen molar-refractivity contribution in [1.29, 1.82) is 5.26 Å². The molecule has 1 aliphatic rings. The van der Waals surface area contributed by atoms with E-state index >= 15 is 0 Å². The van der Waals surface area contributed by atoms with Gasteiger partial charge in [0.15, 0.2) is 0 Å². The average molecular weight is 264 g/mol. The summed E-state index contributed by atoms with van der Waals surface area (Å²) < 4.78 is 0. The molecule has 18 heavy (non-hydrogen) atoms. The SMILES string of the molecule is N#Cc1cc([N+](=O)[O-])cnc1NCC1CCSC1. The fraction of sp³-hybridized carbons (Fsp3) is 0.455.